The summed E-state index contributed by atoms with van der Waals surface area (Å²) in [6, 6.07) is 14.1. The van der Waals surface area contributed by atoms with Gasteiger partial charge in [-0.25, -0.2) is 4.79 Å². The third-order valence-corrected chi connectivity index (χ3v) is 5.42. The molecule has 3 rings (SSSR count). The van der Waals surface area contributed by atoms with Gasteiger partial charge in [0.15, 0.2) is 0 Å². The summed E-state index contributed by atoms with van der Waals surface area (Å²) in [6.45, 7) is 0.289. The molecule has 28 heavy (non-hydrogen) atoms. The Hall–Kier alpha value is -2.77. The summed E-state index contributed by atoms with van der Waals surface area (Å²) in [5, 5.41) is 4.02. The molecule has 0 saturated heterocycles. The summed E-state index contributed by atoms with van der Waals surface area (Å²) in [6.07, 6.45) is 0. The molecule has 1 aromatic heterocycles. The SMILES string of the molecule is COC(=O)c1c(SCC(=O)NCc2ccccc2Cl)[nH]c2ccccc2c1=O. The van der Waals surface area contributed by atoms with E-state index >= 15 is 0 Å². The number of rotatable bonds is 6. The molecule has 1 heterocycles. The van der Waals surface area contributed by atoms with Crippen LogP contribution in [-0.2, 0) is 16.1 Å². The first-order valence-electron chi connectivity index (χ1n) is 8.37. The molecule has 0 aliphatic heterocycles. The largest absolute Gasteiger partial charge is 0.465 e. The van der Waals surface area contributed by atoms with E-state index in [1.165, 1.54) is 7.11 Å². The van der Waals surface area contributed by atoms with E-state index in [4.69, 9.17) is 16.3 Å². The Bertz CT molecular complexity index is 1100. The highest BCUT2D eigenvalue weighted by Gasteiger charge is 2.20. The van der Waals surface area contributed by atoms with Crippen molar-refractivity contribution in [2.45, 2.75) is 11.6 Å². The van der Waals surface area contributed by atoms with Crippen molar-refractivity contribution < 1.29 is 14.3 Å². The highest BCUT2D eigenvalue weighted by molar-refractivity contribution is 8.00. The van der Waals surface area contributed by atoms with Crippen LogP contribution in [0.4, 0.5) is 0 Å². The number of halogens is 1. The number of fused-ring (bicyclic) bond motifs is 1. The van der Waals surface area contributed by atoms with Crippen molar-refractivity contribution in [3.8, 4) is 0 Å². The average Bonchev–Trinajstić information content (AvgIpc) is 2.71. The molecule has 1 amide bonds. The van der Waals surface area contributed by atoms with Gasteiger partial charge >= 0.3 is 5.97 Å². The number of H-pyrrole nitrogens is 1. The van der Waals surface area contributed by atoms with Crippen molar-refractivity contribution in [3.05, 3.63) is 74.9 Å². The quantitative estimate of drug-likeness (QED) is 0.475. The number of carbonyl (C=O) groups is 2. The van der Waals surface area contributed by atoms with E-state index < -0.39 is 11.4 Å². The molecule has 2 aromatic carbocycles. The number of para-hydroxylation sites is 1. The van der Waals surface area contributed by atoms with Gasteiger partial charge in [-0.05, 0) is 23.8 Å². The Kier molecular flexibility index (Phi) is 6.38. The predicted octanol–water partition coefficient (Wildman–Crippen LogP) is 3.38. The minimum Gasteiger partial charge on any atom is -0.465 e. The molecule has 0 aliphatic rings. The second kappa shape index (κ2) is 8.95. The number of ether oxygens (including phenoxy) is 1. The maximum atomic E-state index is 12.7. The summed E-state index contributed by atoms with van der Waals surface area (Å²) in [5.41, 5.74) is 0.848. The normalized spacial score (nSPS) is 10.6. The van der Waals surface area contributed by atoms with Crippen LogP contribution >= 0.6 is 23.4 Å². The Labute approximate surface area is 170 Å². The number of hydrogen-bond donors (Lipinski definition) is 2. The zero-order valence-electron chi connectivity index (χ0n) is 15.0. The lowest BCUT2D eigenvalue weighted by molar-refractivity contribution is -0.118. The molecule has 3 aromatic rings. The van der Waals surface area contributed by atoms with Crippen LogP contribution in [0.1, 0.15) is 15.9 Å². The van der Waals surface area contributed by atoms with Crippen molar-refractivity contribution in [1.29, 1.82) is 0 Å². The third kappa shape index (κ3) is 4.37. The monoisotopic (exact) mass is 416 g/mol. The van der Waals surface area contributed by atoms with E-state index in [9.17, 15) is 14.4 Å². The highest BCUT2D eigenvalue weighted by atomic mass is 35.5. The Balaban J connectivity index is 1.78. The zero-order valence-corrected chi connectivity index (χ0v) is 16.5. The standard InChI is InChI=1S/C20H17ClN2O4S/c1-27-20(26)17-18(25)13-7-3-5-9-15(13)23-19(17)28-11-16(24)22-10-12-6-2-4-8-14(12)21/h2-9H,10-11H2,1H3,(H,22,24)(H,23,25). The fourth-order valence-corrected chi connectivity index (χ4v) is 3.72. The fraction of sp³-hybridized carbons (Fsp3) is 0.150. The topological polar surface area (TPSA) is 88.3 Å². The van der Waals surface area contributed by atoms with Crippen molar-refractivity contribution in [2.75, 3.05) is 12.9 Å². The maximum absolute atomic E-state index is 12.7. The first-order chi connectivity index (χ1) is 13.5. The number of pyridine rings is 1. The van der Waals surface area contributed by atoms with Gasteiger partial charge in [-0.1, -0.05) is 53.7 Å². The fourth-order valence-electron chi connectivity index (χ4n) is 2.63. The van der Waals surface area contributed by atoms with Gasteiger partial charge in [0.05, 0.1) is 23.4 Å². The second-order valence-electron chi connectivity index (χ2n) is 5.85. The minimum atomic E-state index is -0.744. The van der Waals surface area contributed by atoms with Crippen LogP contribution in [0, 0.1) is 0 Å². The van der Waals surface area contributed by atoms with E-state index in [2.05, 4.69) is 10.3 Å². The molecular formula is C20H17ClN2O4S. The number of amides is 1. The van der Waals surface area contributed by atoms with Gasteiger partial charge in [-0.3, -0.25) is 9.59 Å². The lowest BCUT2D eigenvalue weighted by Crippen LogP contribution is -2.25. The summed E-state index contributed by atoms with van der Waals surface area (Å²) >= 11 is 7.14. The smallest absolute Gasteiger partial charge is 0.344 e. The molecule has 0 unspecified atom stereocenters. The van der Waals surface area contributed by atoms with Gasteiger partial charge in [-0.2, -0.15) is 0 Å². The van der Waals surface area contributed by atoms with Crippen LogP contribution in [-0.4, -0.2) is 29.7 Å². The van der Waals surface area contributed by atoms with Crippen LogP contribution in [0.2, 0.25) is 5.02 Å². The molecule has 0 bridgehead atoms. The van der Waals surface area contributed by atoms with E-state index in [1.54, 1.807) is 30.3 Å². The van der Waals surface area contributed by atoms with Crippen LogP contribution in [0.15, 0.2) is 58.4 Å². The first kappa shape index (κ1) is 20.0. The lowest BCUT2D eigenvalue weighted by atomic mass is 10.1. The van der Waals surface area contributed by atoms with Crippen molar-refractivity contribution in [2.24, 2.45) is 0 Å². The van der Waals surface area contributed by atoms with E-state index in [0.717, 1.165) is 17.3 Å². The number of nitrogens with one attached hydrogen (secondary N) is 2. The van der Waals surface area contributed by atoms with E-state index in [0.29, 0.717) is 21.0 Å². The molecule has 0 fully saturated rings. The number of benzene rings is 2. The van der Waals surface area contributed by atoms with Crippen LogP contribution in [0.5, 0.6) is 0 Å². The molecular weight excluding hydrogens is 400 g/mol. The number of aromatic nitrogens is 1. The maximum Gasteiger partial charge on any atom is 0.344 e. The lowest BCUT2D eigenvalue weighted by Gasteiger charge is -2.10. The first-order valence-corrected chi connectivity index (χ1v) is 9.74. The summed E-state index contributed by atoms with van der Waals surface area (Å²) < 4.78 is 4.74. The minimum absolute atomic E-state index is 0.0166. The molecule has 0 spiro atoms. The van der Waals surface area contributed by atoms with Crippen molar-refractivity contribution >= 4 is 46.1 Å². The average molecular weight is 417 g/mol. The number of esters is 1. The molecule has 6 nitrogen and oxygen atoms in total. The molecule has 0 saturated carbocycles. The van der Waals surface area contributed by atoms with Gasteiger partial charge in [0.2, 0.25) is 11.3 Å². The second-order valence-corrected chi connectivity index (χ2v) is 7.25. The van der Waals surface area contributed by atoms with E-state index in [-0.39, 0.29) is 23.8 Å². The number of carbonyl (C=O) groups excluding carboxylic acids is 2. The molecule has 144 valence electrons. The van der Waals surface area contributed by atoms with Gasteiger partial charge in [-0.15, -0.1) is 0 Å². The summed E-state index contributed by atoms with van der Waals surface area (Å²) in [4.78, 5) is 40.1. The van der Waals surface area contributed by atoms with Crippen LogP contribution in [0.3, 0.4) is 0 Å². The van der Waals surface area contributed by atoms with Gasteiger partial charge in [0.25, 0.3) is 0 Å². The van der Waals surface area contributed by atoms with Gasteiger partial charge in [0.1, 0.15) is 5.56 Å². The zero-order chi connectivity index (χ0) is 20.1. The Morgan fingerprint density at radius 3 is 2.61 bits per heavy atom. The highest BCUT2D eigenvalue weighted by Crippen LogP contribution is 2.22. The summed E-state index contributed by atoms with van der Waals surface area (Å²) in [7, 11) is 1.21. The summed E-state index contributed by atoms with van der Waals surface area (Å²) in [5.74, 6) is -0.983. The molecule has 0 atom stereocenters. The number of hydrogen-bond acceptors (Lipinski definition) is 5. The Morgan fingerprint density at radius 2 is 1.86 bits per heavy atom. The van der Waals surface area contributed by atoms with E-state index in [1.807, 2.05) is 18.2 Å². The number of methoxy groups -OCH3 is 1. The van der Waals surface area contributed by atoms with Gasteiger partial charge < -0.3 is 15.0 Å². The molecule has 0 aliphatic carbocycles. The van der Waals surface area contributed by atoms with Crippen molar-refractivity contribution in [1.82, 2.24) is 10.3 Å². The van der Waals surface area contributed by atoms with Crippen molar-refractivity contribution in [3.63, 3.8) is 0 Å². The number of thioether (sulfide) groups is 1. The molecule has 8 heteroatoms. The van der Waals surface area contributed by atoms with Gasteiger partial charge in [0, 0.05) is 17.0 Å². The predicted molar refractivity (Wildman–Crippen MR) is 110 cm³/mol. The molecule has 0 radical (unpaired) electrons. The van der Waals surface area contributed by atoms with Crippen LogP contribution < -0.4 is 10.7 Å². The van der Waals surface area contributed by atoms with Crippen LogP contribution in [0.25, 0.3) is 10.9 Å². The Morgan fingerprint density at radius 1 is 1.14 bits per heavy atom. The molecule has 2 N–H and O–H groups in total. The number of aromatic amines is 1. The third-order valence-electron chi connectivity index (χ3n) is 4.04.